The number of carbonyl (C=O) groups is 1. The van der Waals surface area contributed by atoms with Crippen molar-refractivity contribution < 1.29 is 4.79 Å². The fourth-order valence-electron chi connectivity index (χ4n) is 1.94. The van der Waals surface area contributed by atoms with Crippen molar-refractivity contribution in [3.63, 3.8) is 0 Å². The molecule has 0 bridgehead atoms. The third-order valence-corrected chi connectivity index (χ3v) is 4.50. The van der Waals surface area contributed by atoms with E-state index in [2.05, 4.69) is 24.3 Å². The zero-order valence-corrected chi connectivity index (χ0v) is 12.0. The summed E-state index contributed by atoms with van der Waals surface area (Å²) in [5, 5.41) is 2.98. The largest absolute Gasteiger partial charge is 0.392 e. The molecule has 1 aliphatic rings. The van der Waals surface area contributed by atoms with Gasteiger partial charge in [0.2, 0.25) is 5.91 Å². The van der Waals surface area contributed by atoms with Gasteiger partial charge < -0.3 is 16.0 Å². The lowest BCUT2D eigenvalue weighted by molar-refractivity contribution is -0.127. The van der Waals surface area contributed by atoms with Gasteiger partial charge in [-0.1, -0.05) is 12.2 Å². The summed E-state index contributed by atoms with van der Waals surface area (Å²) in [4.78, 5) is 14.5. The standard InChI is InChI=1S/C12H23N3OS/c1-11(2,9(13)17)10(16)14-8-12(15(3)4)6-5-7-12/h5-8H2,1-4H3,(H2,13,17)(H,14,16). The van der Waals surface area contributed by atoms with Gasteiger partial charge in [-0.25, -0.2) is 0 Å². The van der Waals surface area contributed by atoms with Crippen LogP contribution < -0.4 is 11.1 Å². The number of hydrogen-bond donors (Lipinski definition) is 2. The number of amides is 1. The van der Waals surface area contributed by atoms with Crippen LogP contribution in [-0.2, 0) is 4.79 Å². The average molecular weight is 257 g/mol. The van der Waals surface area contributed by atoms with Crippen LogP contribution in [0.5, 0.6) is 0 Å². The minimum atomic E-state index is -0.771. The molecule has 4 nitrogen and oxygen atoms in total. The monoisotopic (exact) mass is 257 g/mol. The molecule has 1 rings (SSSR count). The summed E-state index contributed by atoms with van der Waals surface area (Å²) in [6.07, 6.45) is 3.49. The molecule has 1 saturated carbocycles. The van der Waals surface area contributed by atoms with E-state index in [1.807, 2.05) is 0 Å². The second kappa shape index (κ2) is 4.90. The van der Waals surface area contributed by atoms with Crippen molar-refractivity contribution in [1.82, 2.24) is 10.2 Å². The van der Waals surface area contributed by atoms with Crippen LogP contribution in [0.15, 0.2) is 0 Å². The van der Waals surface area contributed by atoms with Crippen molar-refractivity contribution in [2.24, 2.45) is 11.1 Å². The average Bonchev–Trinajstić information content (AvgIpc) is 2.14. The summed E-state index contributed by atoms with van der Waals surface area (Å²) in [5.74, 6) is -0.0851. The maximum Gasteiger partial charge on any atom is 0.232 e. The van der Waals surface area contributed by atoms with E-state index in [9.17, 15) is 4.79 Å². The van der Waals surface area contributed by atoms with Crippen molar-refractivity contribution >= 4 is 23.1 Å². The van der Waals surface area contributed by atoms with E-state index in [0.29, 0.717) is 6.54 Å². The topological polar surface area (TPSA) is 58.4 Å². The summed E-state index contributed by atoms with van der Waals surface area (Å²) >= 11 is 4.92. The Bertz CT molecular complexity index is 322. The fraction of sp³-hybridized carbons (Fsp3) is 0.833. The van der Waals surface area contributed by atoms with Gasteiger partial charge in [-0.3, -0.25) is 4.79 Å². The predicted octanol–water partition coefficient (Wildman–Crippen LogP) is 0.899. The Morgan fingerprint density at radius 2 is 2.00 bits per heavy atom. The van der Waals surface area contributed by atoms with Crippen LogP contribution in [0.1, 0.15) is 33.1 Å². The van der Waals surface area contributed by atoms with Crippen LogP contribution in [0.2, 0.25) is 0 Å². The lowest BCUT2D eigenvalue weighted by Crippen LogP contribution is -2.59. The van der Waals surface area contributed by atoms with Gasteiger partial charge in [0.05, 0.1) is 10.4 Å². The van der Waals surface area contributed by atoms with Gasteiger partial charge in [0.1, 0.15) is 0 Å². The Balaban J connectivity index is 2.56. The maximum absolute atomic E-state index is 12.0. The molecule has 0 aromatic carbocycles. The summed E-state index contributed by atoms with van der Waals surface area (Å²) < 4.78 is 0. The quantitative estimate of drug-likeness (QED) is 0.719. The van der Waals surface area contributed by atoms with Crippen molar-refractivity contribution in [3.05, 3.63) is 0 Å². The third kappa shape index (κ3) is 2.77. The molecule has 0 heterocycles. The molecule has 0 radical (unpaired) electrons. The third-order valence-electron chi connectivity index (χ3n) is 3.99. The van der Waals surface area contributed by atoms with E-state index in [0.717, 1.165) is 12.8 Å². The Hall–Kier alpha value is -0.680. The number of rotatable bonds is 5. The summed E-state index contributed by atoms with van der Waals surface area (Å²) in [6, 6.07) is 0. The van der Waals surface area contributed by atoms with E-state index >= 15 is 0 Å². The molecule has 17 heavy (non-hydrogen) atoms. The predicted molar refractivity (Wildman–Crippen MR) is 73.8 cm³/mol. The zero-order valence-electron chi connectivity index (χ0n) is 11.2. The van der Waals surface area contributed by atoms with E-state index < -0.39 is 5.41 Å². The first-order valence-corrected chi connectivity index (χ1v) is 6.39. The van der Waals surface area contributed by atoms with E-state index in [-0.39, 0.29) is 16.4 Å². The number of nitrogens with one attached hydrogen (secondary N) is 1. The van der Waals surface area contributed by atoms with Crippen molar-refractivity contribution in [2.75, 3.05) is 20.6 Å². The Morgan fingerprint density at radius 3 is 2.29 bits per heavy atom. The molecule has 0 spiro atoms. The van der Waals surface area contributed by atoms with Crippen LogP contribution in [-0.4, -0.2) is 42.0 Å². The number of thiocarbonyl (C=S) groups is 1. The molecular weight excluding hydrogens is 234 g/mol. The highest BCUT2D eigenvalue weighted by Gasteiger charge is 2.40. The summed E-state index contributed by atoms with van der Waals surface area (Å²) in [5.41, 5.74) is 4.93. The highest BCUT2D eigenvalue weighted by atomic mass is 32.1. The number of likely N-dealkylation sites (N-methyl/N-ethyl adjacent to an activating group) is 1. The van der Waals surface area contributed by atoms with Crippen LogP contribution >= 0.6 is 12.2 Å². The second-order valence-corrected chi connectivity index (χ2v) is 6.08. The number of nitrogens with zero attached hydrogens (tertiary/aromatic N) is 1. The van der Waals surface area contributed by atoms with E-state index in [1.165, 1.54) is 6.42 Å². The van der Waals surface area contributed by atoms with Crippen LogP contribution in [0.4, 0.5) is 0 Å². The SMILES string of the molecule is CN(C)C1(CNC(=O)C(C)(C)C(N)=S)CCC1. The molecule has 0 aromatic rings. The lowest BCUT2D eigenvalue weighted by atomic mass is 9.75. The molecule has 0 saturated heterocycles. The first kappa shape index (κ1) is 14.4. The molecule has 0 aromatic heterocycles. The van der Waals surface area contributed by atoms with E-state index in [4.69, 9.17) is 18.0 Å². The Labute approximate surface area is 109 Å². The van der Waals surface area contributed by atoms with Crippen molar-refractivity contribution in [2.45, 2.75) is 38.6 Å². The van der Waals surface area contributed by atoms with Gasteiger partial charge in [0.15, 0.2) is 0 Å². The van der Waals surface area contributed by atoms with Crippen LogP contribution in [0, 0.1) is 5.41 Å². The summed E-state index contributed by atoms with van der Waals surface area (Å²) in [6.45, 7) is 4.19. The van der Waals surface area contributed by atoms with Gasteiger partial charge in [0, 0.05) is 12.1 Å². The molecule has 1 aliphatic carbocycles. The lowest BCUT2D eigenvalue weighted by Gasteiger charge is -2.47. The maximum atomic E-state index is 12.0. The highest BCUT2D eigenvalue weighted by Crippen LogP contribution is 2.35. The van der Waals surface area contributed by atoms with Crippen LogP contribution in [0.3, 0.4) is 0 Å². The van der Waals surface area contributed by atoms with Crippen LogP contribution in [0.25, 0.3) is 0 Å². The smallest absolute Gasteiger partial charge is 0.232 e. The number of hydrogen-bond acceptors (Lipinski definition) is 3. The summed E-state index contributed by atoms with van der Waals surface area (Å²) in [7, 11) is 4.12. The first-order chi connectivity index (χ1) is 7.72. The van der Waals surface area contributed by atoms with E-state index in [1.54, 1.807) is 13.8 Å². The number of carbonyl (C=O) groups excluding carboxylic acids is 1. The molecule has 1 amide bonds. The van der Waals surface area contributed by atoms with Gasteiger partial charge in [-0.2, -0.15) is 0 Å². The number of nitrogens with two attached hydrogens (primary N) is 1. The van der Waals surface area contributed by atoms with Gasteiger partial charge in [0.25, 0.3) is 0 Å². The van der Waals surface area contributed by atoms with Crippen molar-refractivity contribution in [3.8, 4) is 0 Å². The minimum absolute atomic E-state index is 0.0851. The molecule has 0 atom stereocenters. The molecule has 1 fully saturated rings. The minimum Gasteiger partial charge on any atom is -0.392 e. The zero-order chi connectivity index (χ0) is 13.3. The Morgan fingerprint density at radius 1 is 1.47 bits per heavy atom. The van der Waals surface area contributed by atoms with Crippen molar-refractivity contribution in [1.29, 1.82) is 0 Å². The van der Waals surface area contributed by atoms with Gasteiger partial charge in [-0.05, 0) is 47.2 Å². The first-order valence-electron chi connectivity index (χ1n) is 5.98. The molecular formula is C12H23N3OS. The second-order valence-electron chi connectivity index (χ2n) is 5.64. The molecule has 3 N–H and O–H groups in total. The molecule has 0 unspecified atom stereocenters. The molecule has 98 valence electrons. The molecule has 0 aliphatic heterocycles. The normalized spacial score (nSPS) is 18.6. The van der Waals surface area contributed by atoms with Gasteiger partial charge >= 0.3 is 0 Å². The van der Waals surface area contributed by atoms with Gasteiger partial charge in [-0.15, -0.1) is 0 Å². The fourth-order valence-corrected chi connectivity index (χ4v) is 2.04. The Kier molecular flexibility index (Phi) is 4.15. The highest BCUT2D eigenvalue weighted by molar-refractivity contribution is 7.80. The molecule has 5 heteroatoms.